The van der Waals surface area contributed by atoms with Crippen molar-refractivity contribution in [3.8, 4) is 11.1 Å². The van der Waals surface area contributed by atoms with Crippen LogP contribution < -0.4 is 0 Å². The van der Waals surface area contributed by atoms with E-state index in [1.165, 1.54) is 18.2 Å². The lowest BCUT2D eigenvalue weighted by molar-refractivity contribution is -0.137. The van der Waals surface area contributed by atoms with Crippen molar-refractivity contribution < 1.29 is 22.0 Å². The molecular weight excluding hydrogens is 443 g/mol. The summed E-state index contributed by atoms with van der Waals surface area (Å²) in [6.45, 7) is 3.68. The van der Waals surface area contributed by atoms with E-state index in [1.54, 1.807) is 42.5 Å². The Morgan fingerprint density at radius 1 is 0.735 bits per heavy atom. The molecule has 0 aromatic heterocycles. The lowest BCUT2D eigenvalue weighted by atomic mass is 9.96. The average molecular weight is 466 g/mol. The topological polar surface area (TPSA) is 0 Å². The molecule has 4 aromatic carbocycles. The number of fused-ring (bicyclic) bond motifs is 1. The Kier molecular flexibility index (Phi) is 6.82. The summed E-state index contributed by atoms with van der Waals surface area (Å²) >= 11 is 0. The van der Waals surface area contributed by atoms with E-state index in [0.29, 0.717) is 45.9 Å². The Balaban J connectivity index is 1.53. The first-order chi connectivity index (χ1) is 16.3. The lowest BCUT2D eigenvalue weighted by Crippen LogP contribution is -2.04. The lowest BCUT2D eigenvalue weighted by Gasteiger charge is -2.11. The van der Waals surface area contributed by atoms with Crippen LogP contribution in [0.5, 0.6) is 0 Å². The van der Waals surface area contributed by atoms with E-state index in [4.69, 9.17) is 0 Å². The van der Waals surface area contributed by atoms with Crippen molar-refractivity contribution in [3.05, 3.63) is 119 Å². The highest BCUT2D eigenvalue weighted by Gasteiger charge is 2.29. The number of aryl methyl sites for hydroxylation is 3. The summed E-state index contributed by atoms with van der Waals surface area (Å²) in [5.74, 6) is -0.689. The number of hydrogen-bond acceptors (Lipinski definition) is 0. The molecule has 5 heteroatoms. The molecule has 0 atom stereocenters. The molecule has 0 aliphatic heterocycles. The van der Waals surface area contributed by atoms with Gasteiger partial charge in [0, 0.05) is 10.9 Å². The fourth-order valence-corrected chi connectivity index (χ4v) is 4.05. The van der Waals surface area contributed by atoms with E-state index in [0.717, 1.165) is 30.5 Å². The van der Waals surface area contributed by atoms with Crippen molar-refractivity contribution in [1.82, 2.24) is 0 Å². The quantitative estimate of drug-likeness (QED) is 0.189. The van der Waals surface area contributed by atoms with Crippen molar-refractivity contribution in [3.63, 3.8) is 0 Å². The van der Waals surface area contributed by atoms with E-state index in [1.807, 2.05) is 6.07 Å². The molecule has 0 aliphatic carbocycles. The molecule has 34 heavy (non-hydrogen) atoms. The zero-order valence-corrected chi connectivity index (χ0v) is 18.4. The van der Waals surface area contributed by atoms with Crippen molar-refractivity contribution >= 4 is 10.8 Å². The van der Waals surface area contributed by atoms with Gasteiger partial charge in [0.05, 0.1) is 5.56 Å². The summed E-state index contributed by atoms with van der Waals surface area (Å²) in [7, 11) is 0. The summed E-state index contributed by atoms with van der Waals surface area (Å²) in [6, 6.07) is 18.7. The maximum absolute atomic E-state index is 15.1. The predicted octanol–water partition coefficient (Wildman–Crippen LogP) is 8.71. The van der Waals surface area contributed by atoms with Gasteiger partial charge in [0.1, 0.15) is 11.6 Å². The zero-order valence-electron chi connectivity index (χ0n) is 18.4. The van der Waals surface area contributed by atoms with E-state index in [2.05, 4.69) is 6.58 Å². The van der Waals surface area contributed by atoms with Crippen LogP contribution in [0.2, 0.25) is 0 Å². The van der Waals surface area contributed by atoms with E-state index >= 15 is 4.39 Å². The van der Waals surface area contributed by atoms with Crippen LogP contribution >= 0.6 is 0 Å². The van der Waals surface area contributed by atoms with Crippen LogP contribution in [0.3, 0.4) is 0 Å². The molecule has 0 radical (unpaired) electrons. The Morgan fingerprint density at radius 3 is 2.15 bits per heavy atom. The average Bonchev–Trinajstić information content (AvgIpc) is 2.82. The second-order valence-corrected chi connectivity index (χ2v) is 8.31. The van der Waals surface area contributed by atoms with Gasteiger partial charge in [-0.1, -0.05) is 54.6 Å². The largest absolute Gasteiger partial charge is 0.416 e. The van der Waals surface area contributed by atoms with Gasteiger partial charge >= 0.3 is 6.18 Å². The van der Waals surface area contributed by atoms with Crippen molar-refractivity contribution in [1.29, 1.82) is 0 Å². The molecule has 0 nitrogen and oxygen atoms in total. The van der Waals surface area contributed by atoms with Gasteiger partial charge in [-0.25, -0.2) is 8.78 Å². The molecule has 0 saturated carbocycles. The normalized spacial score (nSPS) is 11.7. The fraction of sp³-hybridized carbons (Fsp3) is 0.172. The highest BCUT2D eigenvalue weighted by Crippen LogP contribution is 2.31. The van der Waals surface area contributed by atoms with E-state index in [-0.39, 0.29) is 11.6 Å². The molecular formula is C29H23F5. The van der Waals surface area contributed by atoms with Crippen LogP contribution in [0, 0.1) is 11.6 Å². The van der Waals surface area contributed by atoms with Crippen LogP contribution in [0.15, 0.2) is 85.5 Å². The van der Waals surface area contributed by atoms with Gasteiger partial charge in [0.25, 0.3) is 0 Å². The molecule has 0 unspecified atom stereocenters. The van der Waals surface area contributed by atoms with Crippen molar-refractivity contribution in [2.45, 2.75) is 31.9 Å². The smallest absolute Gasteiger partial charge is 0.206 e. The summed E-state index contributed by atoms with van der Waals surface area (Å²) in [6.07, 6.45) is -0.314. The second-order valence-electron chi connectivity index (χ2n) is 8.31. The fourth-order valence-electron chi connectivity index (χ4n) is 4.05. The molecule has 0 bridgehead atoms. The third-order valence-corrected chi connectivity index (χ3v) is 5.98. The summed E-state index contributed by atoms with van der Waals surface area (Å²) in [4.78, 5) is 0. The van der Waals surface area contributed by atoms with Crippen LogP contribution in [0.4, 0.5) is 22.0 Å². The van der Waals surface area contributed by atoms with Gasteiger partial charge in [0.2, 0.25) is 0 Å². The summed E-state index contributed by atoms with van der Waals surface area (Å²) in [5.41, 5.74) is 2.50. The Bertz CT molecular complexity index is 1320. The monoisotopic (exact) mass is 466 g/mol. The minimum Gasteiger partial charge on any atom is -0.206 e. The molecule has 4 rings (SSSR count). The van der Waals surface area contributed by atoms with Gasteiger partial charge in [-0.15, -0.1) is 6.58 Å². The van der Waals surface area contributed by atoms with Gasteiger partial charge in [0.15, 0.2) is 0 Å². The molecule has 0 amide bonds. The molecule has 0 fully saturated rings. The molecule has 174 valence electrons. The third-order valence-electron chi connectivity index (χ3n) is 5.98. The number of halogens is 5. The maximum atomic E-state index is 15.1. The molecule has 0 heterocycles. The van der Waals surface area contributed by atoms with E-state index < -0.39 is 11.7 Å². The first kappa shape index (κ1) is 23.7. The minimum atomic E-state index is -4.38. The summed E-state index contributed by atoms with van der Waals surface area (Å²) < 4.78 is 68.0. The zero-order chi connectivity index (χ0) is 24.3. The first-order valence-electron chi connectivity index (χ1n) is 11.0. The Hall–Kier alpha value is -3.47. The van der Waals surface area contributed by atoms with Gasteiger partial charge in [-0.05, 0) is 77.6 Å². The molecule has 4 aromatic rings. The highest BCUT2D eigenvalue weighted by molar-refractivity contribution is 5.88. The van der Waals surface area contributed by atoms with Gasteiger partial charge in [-0.3, -0.25) is 0 Å². The molecule has 0 spiro atoms. The van der Waals surface area contributed by atoms with Crippen LogP contribution in [-0.4, -0.2) is 0 Å². The number of rotatable bonds is 7. The van der Waals surface area contributed by atoms with Crippen LogP contribution in [0.1, 0.15) is 28.7 Å². The number of allylic oxidation sites excluding steroid dienone is 1. The highest BCUT2D eigenvalue weighted by atomic mass is 19.4. The molecule has 0 saturated heterocycles. The standard InChI is InChI=1S/C29H23F5/c1-2-3-4-20-8-15-25(27(30)17-20)22-12-16-26-23(18-22)11-10-21(28(26)31)9-5-19-6-13-24(14-7-19)29(32,33)34/h2,6-8,10-18H,1,3-5,9H2. The first-order valence-corrected chi connectivity index (χ1v) is 11.0. The SMILES string of the molecule is C=CCCc1ccc(-c2ccc3c(F)c(CCc4ccc(C(F)(F)F)cc4)ccc3c2)c(F)c1. The van der Waals surface area contributed by atoms with Crippen LogP contribution in [0.25, 0.3) is 21.9 Å². The second kappa shape index (κ2) is 9.80. The Morgan fingerprint density at radius 2 is 1.47 bits per heavy atom. The molecule has 0 aliphatic rings. The Labute approximate surface area is 195 Å². The van der Waals surface area contributed by atoms with Crippen LogP contribution in [-0.2, 0) is 25.4 Å². The third kappa shape index (κ3) is 5.19. The van der Waals surface area contributed by atoms with Crippen molar-refractivity contribution in [2.24, 2.45) is 0 Å². The maximum Gasteiger partial charge on any atom is 0.416 e. The number of alkyl halides is 3. The van der Waals surface area contributed by atoms with Gasteiger partial charge < -0.3 is 0 Å². The number of hydrogen-bond donors (Lipinski definition) is 0. The summed E-state index contributed by atoms with van der Waals surface area (Å²) in [5, 5.41) is 1.08. The van der Waals surface area contributed by atoms with Crippen molar-refractivity contribution in [2.75, 3.05) is 0 Å². The minimum absolute atomic E-state index is 0.324. The molecule has 0 N–H and O–H groups in total. The van der Waals surface area contributed by atoms with Gasteiger partial charge in [-0.2, -0.15) is 13.2 Å². The number of benzene rings is 4. The predicted molar refractivity (Wildman–Crippen MR) is 127 cm³/mol. The van der Waals surface area contributed by atoms with E-state index in [9.17, 15) is 17.6 Å².